The zero-order valence-corrected chi connectivity index (χ0v) is 14.4. The maximum Gasteiger partial charge on any atom is 0.408 e. The lowest BCUT2D eigenvalue weighted by Crippen LogP contribution is -2.41. The van der Waals surface area contributed by atoms with E-state index in [1.54, 1.807) is 6.92 Å². The highest BCUT2D eigenvalue weighted by Gasteiger charge is 2.20. The summed E-state index contributed by atoms with van der Waals surface area (Å²) in [4.78, 5) is 34.1. The molecule has 0 spiro atoms. The molecule has 0 heterocycles. The van der Waals surface area contributed by atoms with E-state index in [4.69, 9.17) is 9.47 Å². The van der Waals surface area contributed by atoms with E-state index in [1.807, 2.05) is 30.3 Å². The second-order valence-electron chi connectivity index (χ2n) is 5.50. The summed E-state index contributed by atoms with van der Waals surface area (Å²) in [6.45, 7) is 2.19. The van der Waals surface area contributed by atoms with Crippen molar-refractivity contribution in [2.24, 2.45) is 0 Å². The van der Waals surface area contributed by atoms with Crippen LogP contribution in [0.2, 0.25) is 0 Å². The summed E-state index contributed by atoms with van der Waals surface area (Å²) in [6.07, 6.45) is 1.72. The summed E-state index contributed by atoms with van der Waals surface area (Å²) >= 11 is 0. The number of esters is 1. The second-order valence-corrected chi connectivity index (χ2v) is 5.50. The quantitative estimate of drug-likeness (QED) is 0.469. The number of carbonyl (C=O) groups excluding carboxylic acids is 2. The van der Waals surface area contributed by atoms with E-state index < -0.39 is 18.1 Å². The fourth-order valence-electron chi connectivity index (χ4n) is 2.19. The molecular weight excluding hydrogens is 326 g/mol. The van der Waals surface area contributed by atoms with Crippen molar-refractivity contribution in [2.75, 3.05) is 6.61 Å². The Labute approximate surface area is 147 Å². The highest BCUT2D eigenvalue weighted by Crippen LogP contribution is 2.08. The third-order valence-corrected chi connectivity index (χ3v) is 3.48. The lowest BCUT2D eigenvalue weighted by atomic mass is 10.1. The van der Waals surface area contributed by atoms with Gasteiger partial charge in [0.2, 0.25) is 0 Å². The maximum atomic E-state index is 11.7. The van der Waals surface area contributed by atoms with Crippen molar-refractivity contribution in [2.45, 2.75) is 51.7 Å². The van der Waals surface area contributed by atoms with E-state index in [-0.39, 0.29) is 19.0 Å². The van der Waals surface area contributed by atoms with Crippen molar-refractivity contribution < 1.29 is 29.0 Å². The van der Waals surface area contributed by atoms with Gasteiger partial charge in [-0.05, 0) is 25.3 Å². The number of hydrogen-bond acceptors (Lipinski definition) is 5. The number of hydrogen-bond donors (Lipinski definition) is 2. The Balaban J connectivity index is 2.25. The van der Waals surface area contributed by atoms with Crippen LogP contribution in [0.5, 0.6) is 0 Å². The molecule has 0 aliphatic carbocycles. The molecule has 1 atom stereocenters. The zero-order chi connectivity index (χ0) is 18.5. The molecule has 2 N–H and O–H groups in total. The molecule has 0 saturated carbocycles. The van der Waals surface area contributed by atoms with Crippen LogP contribution in [0.1, 0.15) is 44.6 Å². The third-order valence-electron chi connectivity index (χ3n) is 3.48. The molecule has 0 fully saturated rings. The predicted octanol–water partition coefficient (Wildman–Crippen LogP) is 2.88. The van der Waals surface area contributed by atoms with Crippen LogP contribution in [0.15, 0.2) is 30.3 Å². The molecule has 0 saturated heterocycles. The molecule has 7 heteroatoms. The minimum Gasteiger partial charge on any atom is -0.480 e. The minimum atomic E-state index is -1.11. The largest absolute Gasteiger partial charge is 0.480 e. The van der Waals surface area contributed by atoms with Crippen molar-refractivity contribution in [3.8, 4) is 0 Å². The molecule has 0 aliphatic rings. The Morgan fingerprint density at radius 1 is 1.08 bits per heavy atom. The van der Waals surface area contributed by atoms with Crippen LogP contribution < -0.4 is 5.32 Å². The summed E-state index contributed by atoms with van der Waals surface area (Å²) < 4.78 is 9.84. The average molecular weight is 351 g/mol. The monoisotopic (exact) mass is 351 g/mol. The molecule has 1 aromatic rings. The molecule has 7 nitrogen and oxygen atoms in total. The van der Waals surface area contributed by atoms with Crippen molar-refractivity contribution in [3.05, 3.63) is 35.9 Å². The Morgan fingerprint density at radius 3 is 2.44 bits per heavy atom. The number of ether oxygens (including phenoxy) is 2. The van der Waals surface area contributed by atoms with Gasteiger partial charge in [0.1, 0.15) is 12.6 Å². The fourth-order valence-corrected chi connectivity index (χ4v) is 2.19. The molecule has 1 unspecified atom stereocenters. The van der Waals surface area contributed by atoms with Gasteiger partial charge in [-0.1, -0.05) is 43.2 Å². The molecule has 1 aromatic carbocycles. The molecule has 1 rings (SSSR count). The van der Waals surface area contributed by atoms with Gasteiger partial charge in [0.05, 0.1) is 6.61 Å². The van der Waals surface area contributed by atoms with Crippen LogP contribution in [0.4, 0.5) is 4.79 Å². The number of carboxylic acids is 1. The zero-order valence-electron chi connectivity index (χ0n) is 14.4. The van der Waals surface area contributed by atoms with Gasteiger partial charge in [-0.15, -0.1) is 0 Å². The lowest BCUT2D eigenvalue weighted by molar-refractivity contribution is -0.143. The van der Waals surface area contributed by atoms with Crippen LogP contribution in [-0.2, 0) is 25.7 Å². The Morgan fingerprint density at radius 2 is 1.80 bits per heavy atom. The smallest absolute Gasteiger partial charge is 0.408 e. The Hall–Kier alpha value is -2.57. The fraction of sp³-hybridized carbons (Fsp3) is 0.500. The minimum absolute atomic E-state index is 0.0819. The molecule has 25 heavy (non-hydrogen) atoms. The number of rotatable bonds is 11. The molecule has 0 bridgehead atoms. The molecule has 138 valence electrons. The molecule has 0 aliphatic heterocycles. The molecular formula is C18H25NO6. The van der Waals surface area contributed by atoms with Gasteiger partial charge in [0, 0.05) is 6.42 Å². The Bertz CT molecular complexity index is 546. The van der Waals surface area contributed by atoms with Crippen molar-refractivity contribution in [1.82, 2.24) is 5.32 Å². The molecule has 0 radical (unpaired) electrons. The van der Waals surface area contributed by atoms with E-state index in [0.29, 0.717) is 32.3 Å². The predicted molar refractivity (Wildman–Crippen MR) is 90.9 cm³/mol. The lowest BCUT2D eigenvalue weighted by Gasteiger charge is -2.14. The van der Waals surface area contributed by atoms with Gasteiger partial charge in [-0.3, -0.25) is 4.79 Å². The number of nitrogens with one attached hydrogen (secondary N) is 1. The summed E-state index contributed by atoms with van der Waals surface area (Å²) in [5.41, 5.74) is 0.823. The first-order valence-electron chi connectivity index (χ1n) is 8.38. The van der Waals surface area contributed by atoms with Gasteiger partial charge in [-0.2, -0.15) is 0 Å². The van der Waals surface area contributed by atoms with Gasteiger partial charge in [-0.25, -0.2) is 9.59 Å². The van der Waals surface area contributed by atoms with Gasteiger partial charge in [0.25, 0.3) is 0 Å². The van der Waals surface area contributed by atoms with Gasteiger partial charge < -0.3 is 19.9 Å². The number of amides is 1. The van der Waals surface area contributed by atoms with Gasteiger partial charge >= 0.3 is 18.0 Å². The number of alkyl carbamates (subject to hydrolysis) is 1. The number of benzene rings is 1. The standard InChI is InChI=1S/C18H25NO6/c1-2-24-16(20)12-8-4-7-11-15(17(21)22)19-18(23)25-13-14-9-5-3-6-10-14/h3,5-6,9-10,15H,2,4,7-8,11-13H2,1H3,(H,19,23)(H,21,22). The van der Waals surface area contributed by atoms with Crippen molar-refractivity contribution >= 4 is 18.0 Å². The highest BCUT2D eigenvalue weighted by molar-refractivity contribution is 5.79. The summed E-state index contributed by atoms with van der Waals surface area (Å²) in [5, 5.41) is 11.5. The van der Waals surface area contributed by atoms with Crippen LogP contribution in [0.25, 0.3) is 0 Å². The topological polar surface area (TPSA) is 102 Å². The van der Waals surface area contributed by atoms with E-state index in [9.17, 15) is 19.5 Å². The van der Waals surface area contributed by atoms with Crippen molar-refractivity contribution in [3.63, 3.8) is 0 Å². The molecule has 1 amide bonds. The highest BCUT2D eigenvalue weighted by atomic mass is 16.5. The van der Waals surface area contributed by atoms with E-state index in [2.05, 4.69) is 5.32 Å². The second kappa shape index (κ2) is 11.9. The summed E-state index contributed by atoms with van der Waals surface area (Å²) in [5.74, 6) is -1.36. The number of carboxylic acid groups (broad SMARTS) is 1. The number of unbranched alkanes of at least 4 members (excludes halogenated alkanes) is 2. The van der Waals surface area contributed by atoms with Gasteiger partial charge in [0.15, 0.2) is 0 Å². The van der Waals surface area contributed by atoms with E-state index in [0.717, 1.165) is 5.56 Å². The first-order chi connectivity index (χ1) is 12.0. The maximum absolute atomic E-state index is 11.7. The SMILES string of the molecule is CCOC(=O)CCCCCC(NC(=O)OCc1ccccc1)C(=O)O. The number of carbonyl (C=O) groups is 3. The van der Waals surface area contributed by atoms with E-state index >= 15 is 0 Å². The first kappa shape index (κ1) is 20.5. The first-order valence-corrected chi connectivity index (χ1v) is 8.38. The van der Waals surface area contributed by atoms with Crippen molar-refractivity contribution in [1.29, 1.82) is 0 Å². The molecule has 0 aromatic heterocycles. The average Bonchev–Trinajstić information content (AvgIpc) is 2.59. The van der Waals surface area contributed by atoms with E-state index in [1.165, 1.54) is 0 Å². The van der Waals surface area contributed by atoms with Crippen LogP contribution in [0, 0.1) is 0 Å². The summed E-state index contributed by atoms with van der Waals surface area (Å²) in [7, 11) is 0. The van der Waals surface area contributed by atoms with Crippen LogP contribution in [0.3, 0.4) is 0 Å². The summed E-state index contributed by atoms with van der Waals surface area (Å²) in [6, 6.07) is 8.12. The number of aliphatic carboxylic acids is 1. The van der Waals surface area contributed by atoms with Crippen LogP contribution >= 0.6 is 0 Å². The Kier molecular flexibility index (Phi) is 9.74. The van der Waals surface area contributed by atoms with Crippen LogP contribution in [-0.4, -0.2) is 35.8 Å². The normalized spacial score (nSPS) is 11.4. The third kappa shape index (κ3) is 9.34.